The molecular weight excluding hydrogens is 663 g/mol. The third-order valence-corrected chi connectivity index (χ3v) is 16.9. The normalized spacial score (nSPS) is 15.1. The second-order valence-electron chi connectivity index (χ2n) is 13.2. The molecule has 0 nitrogen and oxygen atoms in total. The Morgan fingerprint density at radius 1 is 0.690 bits per heavy atom. The summed E-state index contributed by atoms with van der Waals surface area (Å²) in [6.45, 7) is 15.4. The van der Waals surface area contributed by atoms with E-state index in [0.717, 1.165) is 6.42 Å². The Kier molecular flexibility index (Phi) is 10.2. The van der Waals surface area contributed by atoms with Crippen LogP contribution >= 0.6 is 0 Å². The van der Waals surface area contributed by atoms with Crippen molar-refractivity contribution >= 4 is 35.3 Å². The van der Waals surface area contributed by atoms with Gasteiger partial charge in [0.05, 0.1) is 0 Å². The van der Waals surface area contributed by atoms with Crippen LogP contribution < -0.4 is 35.2 Å². The van der Waals surface area contributed by atoms with Crippen LogP contribution in [0.3, 0.4) is 0 Å². The van der Waals surface area contributed by atoms with Gasteiger partial charge in [-0.25, -0.2) is 0 Å². The quantitative estimate of drug-likeness (QED) is 0.272. The minimum Gasteiger partial charge on any atom is -1.00 e. The third kappa shape index (κ3) is 6.19. The molecule has 42 heavy (non-hydrogen) atoms. The van der Waals surface area contributed by atoms with Crippen LogP contribution in [0.1, 0.15) is 37.9 Å². The average Bonchev–Trinajstić information content (AvgIpc) is 3.58. The number of hydrogen-bond acceptors (Lipinski definition) is 0. The van der Waals surface area contributed by atoms with Crippen molar-refractivity contribution in [2.75, 3.05) is 0 Å². The molecular formula is C37H39Cl2Si2Zr. The molecule has 0 amide bonds. The molecule has 0 spiro atoms. The van der Waals surface area contributed by atoms with Gasteiger partial charge in [-0.2, -0.15) is 0 Å². The SMILES string of the molecule is C[Si](C)(C)c1cc(C2=CC=CC2)c2c(c1[Si](C)(C)C)-c1ccccc1[CH]2[Zr+2]=[C](c1ccccc1)c1ccccc1.[Cl-].[Cl-]. The van der Waals surface area contributed by atoms with Gasteiger partial charge in [-0.15, -0.1) is 0 Å². The third-order valence-electron chi connectivity index (χ3n) is 8.29. The molecule has 0 aromatic heterocycles. The van der Waals surface area contributed by atoms with Gasteiger partial charge in [0, 0.05) is 0 Å². The first-order chi connectivity index (χ1) is 19.1. The summed E-state index contributed by atoms with van der Waals surface area (Å²) in [5.74, 6) is 0. The van der Waals surface area contributed by atoms with Crippen LogP contribution in [0.5, 0.6) is 0 Å². The first-order valence-corrected chi connectivity index (χ1v) is 24.2. The molecule has 0 fully saturated rings. The molecule has 0 saturated carbocycles. The van der Waals surface area contributed by atoms with Gasteiger partial charge in [0.2, 0.25) is 0 Å². The maximum absolute atomic E-state index is 2.69. The van der Waals surface area contributed by atoms with E-state index in [1.54, 1.807) is 35.8 Å². The van der Waals surface area contributed by atoms with Crippen LogP contribution in [0.4, 0.5) is 0 Å². The summed E-state index contributed by atoms with van der Waals surface area (Å²) in [5, 5.41) is 3.44. The number of fused-ring (bicyclic) bond motifs is 3. The second-order valence-corrected chi connectivity index (χ2v) is 26.6. The Bertz CT molecular complexity index is 1630. The summed E-state index contributed by atoms with van der Waals surface area (Å²) in [4.78, 5) is 0. The van der Waals surface area contributed by atoms with Crippen molar-refractivity contribution < 1.29 is 47.6 Å². The fraction of sp³-hybridized carbons (Fsp3) is 0.216. The molecule has 1 atom stereocenters. The number of hydrogen-bond donors (Lipinski definition) is 0. The number of halogens is 2. The smallest absolute Gasteiger partial charge is 1.00 e. The molecule has 0 radical (unpaired) electrons. The Balaban J connectivity index is 0.00000202. The summed E-state index contributed by atoms with van der Waals surface area (Å²) in [6, 6.07) is 34.6. The Morgan fingerprint density at radius 2 is 1.26 bits per heavy atom. The minimum absolute atomic E-state index is 0. The van der Waals surface area contributed by atoms with Crippen molar-refractivity contribution in [3.63, 3.8) is 0 Å². The summed E-state index contributed by atoms with van der Waals surface area (Å²) in [6.07, 6.45) is 8.05. The number of benzene rings is 4. The molecule has 4 aromatic carbocycles. The maximum atomic E-state index is 2.69. The van der Waals surface area contributed by atoms with E-state index < -0.39 is 38.9 Å². The molecule has 6 rings (SSSR count). The molecule has 0 aliphatic heterocycles. The molecule has 1 unspecified atom stereocenters. The van der Waals surface area contributed by atoms with Gasteiger partial charge < -0.3 is 24.8 Å². The molecule has 213 valence electrons. The van der Waals surface area contributed by atoms with Crippen LogP contribution in [0.2, 0.25) is 39.3 Å². The Hall–Kier alpha value is -1.87. The van der Waals surface area contributed by atoms with E-state index in [1.165, 1.54) is 22.3 Å². The van der Waals surface area contributed by atoms with E-state index in [4.69, 9.17) is 0 Å². The monoisotopic (exact) mass is 699 g/mol. The summed E-state index contributed by atoms with van der Waals surface area (Å²) in [5.41, 5.74) is 12.2. The first-order valence-electron chi connectivity index (χ1n) is 14.6. The van der Waals surface area contributed by atoms with E-state index in [0.29, 0.717) is 3.63 Å². The van der Waals surface area contributed by atoms with Crippen molar-refractivity contribution in [2.45, 2.75) is 49.3 Å². The summed E-state index contributed by atoms with van der Waals surface area (Å²) >= 11 is -1.17. The zero-order valence-corrected chi connectivity index (χ0v) is 31.4. The van der Waals surface area contributed by atoms with Gasteiger partial charge in [-0.3, -0.25) is 0 Å². The number of rotatable bonds is 6. The van der Waals surface area contributed by atoms with Crippen molar-refractivity contribution in [2.24, 2.45) is 0 Å². The molecule has 0 heterocycles. The van der Waals surface area contributed by atoms with Crippen molar-refractivity contribution in [3.05, 3.63) is 137 Å². The van der Waals surface area contributed by atoms with E-state index >= 15 is 0 Å². The van der Waals surface area contributed by atoms with Crippen LogP contribution in [0.25, 0.3) is 16.7 Å². The van der Waals surface area contributed by atoms with E-state index in [-0.39, 0.29) is 24.8 Å². The summed E-state index contributed by atoms with van der Waals surface area (Å²) in [7, 11) is -3.26. The van der Waals surface area contributed by atoms with Gasteiger partial charge in [-0.05, 0) is 0 Å². The molecule has 0 saturated heterocycles. The fourth-order valence-electron chi connectivity index (χ4n) is 6.53. The topological polar surface area (TPSA) is 0 Å². The second kappa shape index (κ2) is 13.0. The number of allylic oxidation sites excluding steroid dienone is 4. The molecule has 0 bridgehead atoms. The Labute approximate surface area is 278 Å². The molecule has 0 N–H and O–H groups in total. The molecule has 4 aromatic rings. The average molecular weight is 702 g/mol. The largest absolute Gasteiger partial charge is 1.00 e. The summed E-state index contributed by atoms with van der Waals surface area (Å²) < 4.78 is 2.10. The van der Waals surface area contributed by atoms with E-state index in [1.807, 2.05) is 0 Å². The van der Waals surface area contributed by atoms with Crippen LogP contribution in [0.15, 0.2) is 109 Å². The maximum Gasteiger partial charge on any atom is -1.00 e. The van der Waals surface area contributed by atoms with Gasteiger partial charge in [0.25, 0.3) is 0 Å². The van der Waals surface area contributed by atoms with Gasteiger partial charge in [0.1, 0.15) is 0 Å². The van der Waals surface area contributed by atoms with E-state index in [2.05, 4.69) is 149 Å². The van der Waals surface area contributed by atoms with Crippen molar-refractivity contribution in [1.29, 1.82) is 0 Å². The predicted octanol–water partition coefficient (Wildman–Crippen LogP) is 2.55. The van der Waals surface area contributed by atoms with Gasteiger partial charge in [0.15, 0.2) is 0 Å². The van der Waals surface area contributed by atoms with Crippen LogP contribution in [-0.2, 0) is 22.8 Å². The van der Waals surface area contributed by atoms with Gasteiger partial charge >= 0.3 is 256 Å². The first kappa shape index (κ1) is 33.0. The fourth-order valence-corrected chi connectivity index (χ4v) is 16.6. The zero-order chi connectivity index (χ0) is 28.1. The van der Waals surface area contributed by atoms with Gasteiger partial charge in [-0.1, -0.05) is 0 Å². The van der Waals surface area contributed by atoms with E-state index in [9.17, 15) is 0 Å². The van der Waals surface area contributed by atoms with Crippen LogP contribution in [-0.4, -0.2) is 19.4 Å². The van der Waals surface area contributed by atoms with Crippen LogP contribution in [0, 0.1) is 0 Å². The predicted molar refractivity (Wildman–Crippen MR) is 178 cm³/mol. The van der Waals surface area contributed by atoms with Crippen molar-refractivity contribution in [3.8, 4) is 11.1 Å². The Morgan fingerprint density at radius 3 is 1.79 bits per heavy atom. The minimum atomic E-state index is -1.66. The zero-order valence-electron chi connectivity index (χ0n) is 25.4. The molecule has 2 aliphatic rings. The standard InChI is InChI=1S/C24H29Si2.C13H10.2ClH.Zr/c1-25(2,3)22-16-20(17-11-7-8-12-17)21-15-18-13-9-10-14-19(18)23(21)24(22)26(4,5)6;1-3-7-12(8-4-1)11-13-9-5-2-6-10-13;;;/h7-11,13-16H,12H2,1-6H3;1-10H;2*1H;/q;;;;+2/p-2. The van der Waals surface area contributed by atoms with Crippen molar-refractivity contribution in [1.82, 2.24) is 0 Å². The molecule has 2 aliphatic carbocycles. The molecule has 5 heteroatoms.